The average Bonchev–Trinajstić information content (AvgIpc) is 2.99. The third-order valence-corrected chi connectivity index (χ3v) is 6.64. The summed E-state index contributed by atoms with van der Waals surface area (Å²) in [6.07, 6.45) is 0. The van der Waals surface area contributed by atoms with Crippen molar-refractivity contribution in [1.82, 2.24) is 4.98 Å². The van der Waals surface area contributed by atoms with E-state index in [1.165, 1.54) is 25.3 Å². The summed E-state index contributed by atoms with van der Waals surface area (Å²) >= 11 is 12.2. The number of halogens is 2. The molecule has 0 aliphatic carbocycles. The molecule has 1 heterocycles. The highest BCUT2D eigenvalue weighted by molar-refractivity contribution is 7.93. The molecule has 3 aromatic rings. The standard InChI is InChI=1S/C19H18Cl2N2O4S/c1-12-13(2)27-19(22-12)11-23(16-6-4-5-7-17(16)26-3)28(24,25)18-10-14(20)8-9-15(18)21/h4-10H,11H2,1-3H3. The number of ether oxygens (including phenoxy) is 1. The lowest BCUT2D eigenvalue weighted by molar-refractivity contribution is 0.414. The quantitative estimate of drug-likeness (QED) is 0.538. The van der Waals surface area contributed by atoms with Crippen LogP contribution in [0.2, 0.25) is 10.0 Å². The zero-order chi connectivity index (χ0) is 20.5. The van der Waals surface area contributed by atoms with E-state index in [4.69, 9.17) is 32.4 Å². The molecule has 0 atom stereocenters. The maximum atomic E-state index is 13.5. The van der Waals surface area contributed by atoms with Crippen LogP contribution in [-0.2, 0) is 16.6 Å². The van der Waals surface area contributed by atoms with Gasteiger partial charge >= 0.3 is 0 Å². The Morgan fingerprint density at radius 2 is 1.86 bits per heavy atom. The summed E-state index contributed by atoms with van der Waals surface area (Å²) in [6.45, 7) is 3.42. The smallest absolute Gasteiger partial charge is 0.266 e. The third kappa shape index (κ3) is 3.97. The van der Waals surface area contributed by atoms with Crippen LogP contribution in [0.4, 0.5) is 5.69 Å². The summed E-state index contributed by atoms with van der Waals surface area (Å²) in [5.41, 5.74) is 1.02. The number of sulfonamides is 1. The van der Waals surface area contributed by atoms with Gasteiger partial charge in [0.1, 0.15) is 22.9 Å². The van der Waals surface area contributed by atoms with Crippen LogP contribution in [0.15, 0.2) is 51.8 Å². The van der Waals surface area contributed by atoms with Gasteiger partial charge in [0, 0.05) is 5.02 Å². The van der Waals surface area contributed by atoms with Gasteiger partial charge in [-0.25, -0.2) is 13.4 Å². The Labute approximate surface area is 173 Å². The van der Waals surface area contributed by atoms with Crippen LogP contribution in [0.3, 0.4) is 0 Å². The lowest BCUT2D eigenvalue weighted by Gasteiger charge is -2.25. The molecule has 0 saturated carbocycles. The maximum Gasteiger partial charge on any atom is 0.266 e. The van der Waals surface area contributed by atoms with Gasteiger partial charge < -0.3 is 9.15 Å². The normalized spacial score (nSPS) is 11.5. The van der Waals surface area contributed by atoms with Gasteiger partial charge in [-0.2, -0.15) is 0 Å². The van der Waals surface area contributed by atoms with Gasteiger partial charge in [-0.15, -0.1) is 0 Å². The number of benzene rings is 2. The highest BCUT2D eigenvalue weighted by Gasteiger charge is 2.31. The van der Waals surface area contributed by atoms with Gasteiger partial charge in [0.2, 0.25) is 5.89 Å². The van der Waals surface area contributed by atoms with Gasteiger partial charge in [-0.05, 0) is 44.2 Å². The highest BCUT2D eigenvalue weighted by atomic mass is 35.5. The molecule has 0 amide bonds. The van der Waals surface area contributed by atoms with Crippen molar-refractivity contribution in [3.05, 3.63) is 69.9 Å². The van der Waals surface area contributed by atoms with E-state index in [9.17, 15) is 8.42 Å². The summed E-state index contributed by atoms with van der Waals surface area (Å²) in [6, 6.07) is 11.0. The number of anilines is 1. The zero-order valence-electron chi connectivity index (χ0n) is 15.4. The van der Waals surface area contributed by atoms with Crippen molar-refractivity contribution < 1.29 is 17.6 Å². The molecule has 0 fully saturated rings. The first-order valence-electron chi connectivity index (χ1n) is 8.27. The second kappa shape index (κ2) is 8.03. The van der Waals surface area contributed by atoms with Crippen LogP contribution < -0.4 is 9.04 Å². The Kier molecular flexibility index (Phi) is 5.88. The van der Waals surface area contributed by atoms with Crippen LogP contribution in [0.5, 0.6) is 5.75 Å². The molecule has 0 unspecified atom stereocenters. The fraction of sp³-hybridized carbons (Fsp3) is 0.211. The summed E-state index contributed by atoms with van der Waals surface area (Å²) in [5, 5.41) is 0.315. The minimum atomic E-state index is -4.10. The predicted octanol–water partition coefficient (Wildman–Crippen LogP) is 5.00. The monoisotopic (exact) mass is 440 g/mol. The minimum Gasteiger partial charge on any atom is -0.495 e. The molecule has 28 heavy (non-hydrogen) atoms. The van der Waals surface area contributed by atoms with Crippen molar-refractivity contribution in [2.24, 2.45) is 0 Å². The average molecular weight is 441 g/mol. The van der Waals surface area contributed by atoms with Crippen molar-refractivity contribution in [3.63, 3.8) is 0 Å². The van der Waals surface area contributed by atoms with Gasteiger partial charge in [-0.3, -0.25) is 4.31 Å². The second-order valence-electron chi connectivity index (χ2n) is 6.01. The van der Waals surface area contributed by atoms with Crippen molar-refractivity contribution in [1.29, 1.82) is 0 Å². The molecule has 0 bridgehead atoms. The Balaban J connectivity index is 2.18. The molecular formula is C19H18Cl2N2O4S. The van der Waals surface area contributed by atoms with E-state index >= 15 is 0 Å². The number of hydrogen-bond acceptors (Lipinski definition) is 5. The number of para-hydroxylation sites is 2. The number of rotatable bonds is 6. The third-order valence-electron chi connectivity index (χ3n) is 4.17. The molecule has 6 nitrogen and oxygen atoms in total. The number of oxazole rings is 1. The summed E-state index contributed by atoms with van der Waals surface area (Å²) in [5.74, 6) is 1.25. The molecule has 0 spiro atoms. The highest BCUT2D eigenvalue weighted by Crippen LogP contribution is 2.36. The maximum absolute atomic E-state index is 13.5. The molecular weight excluding hydrogens is 423 g/mol. The van der Waals surface area contributed by atoms with E-state index in [0.29, 0.717) is 22.9 Å². The molecule has 0 aliphatic rings. The van der Waals surface area contributed by atoms with E-state index in [-0.39, 0.29) is 27.4 Å². The van der Waals surface area contributed by atoms with E-state index in [1.807, 2.05) is 0 Å². The van der Waals surface area contributed by atoms with Crippen LogP contribution in [-0.4, -0.2) is 20.5 Å². The summed E-state index contributed by atoms with van der Waals surface area (Å²) in [7, 11) is -2.64. The van der Waals surface area contributed by atoms with Crippen molar-refractivity contribution >= 4 is 38.9 Å². The van der Waals surface area contributed by atoms with Crippen molar-refractivity contribution in [2.75, 3.05) is 11.4 Å². The Morgan fingerprint density at radius 1 is 1.14 bits per heavy atom. The van der Waals surface area contributed by atoms with E-state index < -0.39 is 10.0 Å². The fourth-order valence-electron chi connectivity index (χ4n) is 2.66. The molecule has 0 radical (unpaired) electrons. The Hall–Kier alpha value is -2.22. The molecule has 0 N–H and O–H groups in total. The van der Waals surface area contributed by atoms with Crippen molar-refractivity contribution in [3.8, 4) is 5.75 Å². The first-order chi connectivity index (χ1) is 13.2. The zero-order valence-corrected chi connectivity index (χ0v) is 17.8. The second-order valence-corrected chi connectivity index (χ2v) is 8.68. The van der Waals surface area contributed by atoms with E-state index in [0.717, 1.165) is 4.31 Å². The topological polar surface area (TPSA) is 72.6 Å². The fourth-order valence-corrected chi connectivity index (χ4v) is 4.82. The van der Waals surface area contributed by atoms with Crippen LogP contribution in [0, 0.1) is 13.8 Å². The number of aromatic nitrogens is 1. The van der Waals surface area contributed by atoms with Crippen LogP contribution in [0.1, 0.15) is 17.3 Å². The minimum absolute atomic E-state index is 0.0593. The van der Waals surface area contributed by atoms with Crippen LogP contribution in [0.25, 0.3) is 0 Å². The molecule has 0 saturated heterocycles. The first-order valence-corrected chi connectivity index (χ1v) is 10.5. The van der Waals surface area contributed by atoms with Gasteiger partial charge in [0.25, 0.3) is 10.0 Å². The molecule has 9 heteroatoms. The first kappa shape index (κ1) is 20.5. The predicted molar refractivity (Wildman–Crippen MR) is 109 cm³/mol. The molecule has 3 rings (SSSR count). The van der Waals surface area contributed by atoms with E-state index in [1.54, 1.807) is 38.1 Å². The summed E-state index contributed by atoms with van der Waals surface area (Å²) in [4.78, 5) is 4.19. The number of nitrogens with zero attached hydrogens (tertiary/aromatic N) is 2. The molecule has 1 aromatic heterocycles. The summed E-state index contributed by atoms with van der Waals surface area (Å²) < 4.78 is 39.2. The van der Waals surface area contributed by atoms with Gasteiger partial charge in [0.05, 0.1) is 23.5 Å². The number of aryl methyl sites for hydroxylation is 2. The van der Waals surface area contributed by atoms with Crippen molar-refractivity contribution in [2.45, 2.75) is 25.3 Å². The lowest BCUT2D eigenvalue weighted by Crippen LogP contribution is -2.31. The SMILES string of the molecule is COc1ccccc1N(Cc1nc(C)c(C)o1)S(=O)(=O)c1cc(Cl)ccc1Cl. The molecule has 148 valence electrons. The molecule has 2 aromatic carbocycles. The number of hydrogen-bond donors (Lipinski definition) is 0. The van der Waals surface area contributed by atoms with Crippen LogP contribution >= 0.6 is 23.2 Å². The Bertz CT molecular complexity index is 1090. The largest absolute Gasteiger partial charge is 0.495 e. The number of methoxy groups -OCH3 is 1. The Morgan fingerprint density at radius 3 is 2.50 bits per heavy atom. The lowest BCUT2D eigenvalue weighted by atomic mass is 10.3. The van der Waals surface area contributed by atoms with E-state index in [2.05, 4.69) is 4.98 Å². The van der Waals surface area contributed by atoms with Gasteiger partial charge in [-0.1, -0.05) is 35.3 Å². The molecule has 0 aliphatic heterocycles. The van der Waals surface area contributed by atoms with Gasteiger partial charge in [0.15, 0.2) is 0 Å².